The van der Waals surface area contributed by atoms with Gasteiger partial charge in [-0.25, -0.2) is 4.79 Å². The number of hydrogen-bond acceptors (Lipinski definition) is 4. The van der Waals surface area contributed by atoms with E-state index in [0.717, 1.165) is 17.3 Å². The van der Waals surface area contributed by atoms with E-state index in [1.165, 1.54) is 17.7 Å². The Morgan fingerprint density at radius 1 is 1.14 bits per heavy atom. The van der Waals surface area contributed by atoms with Gasteiger partial charge in [0, 0.05) is 11.8 Å². The Morgan fingerprint density at radius 2 is 1.86 bits per heavy atom. The molecule has 0 aliphatic carbocycles. The van der Waals surface area contributed by atoms with E-state index >= 15 is 0 Å². The van der Waals surface area contributed by atoms with Crippen molar-refractivity contribution in [2.75, 3.05) is 12.4 Å². The first-order valence-electron chi connectivity index (χ1n) is 6.99. The molecule has 0 heterocycles. The molecule has 1 aromatic carbocycles. The minimum Gasteiger partial charge on any atom is -0.462 e. The molecule has 4 heteroatoms. The van der Waals surface area contributed by atoms with Crippen LogP contribution in [-0.4, -0.2) is 23.4 Å². The number of benzene rings is 1. The molecule has 0 saturated carbocycles. The molecular weight excluding hydrogens is 296 g/mol. The Bertz CT molecular complexity index is 568. The van der Waals surface area contributed by atoms with Gasteiger partial charge in [-0.2, -0.15) is 0 Å². The Balaban J connectivity index is 2.23. The topological polar surface area (TPSA) is 43.4 Å². The van der Waals surface area contributed by atoms with E-state index in [1.807, 2.05) is 44.2 Å². The van der Waals surface area contributed by atoms with Crippen molar-refractivity contribution in [2.24, 2.45) is 0 Å². The lowest BCUT2D eigenvalue weighted by Crippen LogP contribution is -2.05. The second-order valence-electron chi connectivity index (χ2n) is 4.46. The highest BCUT2D eigenvalue weighted by atomic mass is 32.2. The van der Waals surface area contributed by atoms with E-state index in [-0.39, 0.29) is 11.7 Å². The molecule has 0 N–H and O–H groups in total. The van der Waals surface area contributed by atoms with Crippen LogP contribution in [0.5, 0.6) is 0 Å². The number of rotatable bonds is 7. The molecule has 0 atom stereocenters. The monoisotopic (exact) mass is 316 g/mol. The molecule has 0 aromatic heterocycles. The van der Waals surface area contributed by atoms with E-state index in [0.29, 0.717) is 5.75 Å². The number of esters is 1. The van der Waals surface area contributed by atoms with Crippen LogP contribution in [0.15, 0.2) is 54.6 Å². The van der Waals surface area contributed by atoms with E-state index < -0.39 is 5.97 Å². The van der Waals surface area contributed by atoms with Gasteiger partial charge < -0.3 is 4.74 Å². The minimum absolute atomic E-state index is 0.0515. The van der Waals surface area contributed by atoms with E-state index in [2.05, 4.69) is 0 Å². The lowest BCUT2D eigenvalue weighted by atomic mass is 10.1. The number of ether oxygens (including phenoxy) is 1. The van der Waals surface area contributed by atoms with Gasteiger partial charge in [-0.3, -0.25) is 4.79 Å². The van der Waals surface area contributed by atoms with Gasteiger partial charge in [0.1, 0.15) is 6.61 Å². The average molecular weight is 316 g/mol. The zero-order valence-electron chi connectivity index (χ0n) is 12.8. The highest BCUT2D eigenvalue weighted by Crippen LogP contribution is 2.06. The summed E-state index contributed by atoms with van der Waals surface area (Å²) in [5, 5.41) is -0.0515. The molecule has 0 bridgehead atoms. The summed E-state index contributed by atoms with van der Waals surface area (Å²) in [7, 11) is 0. The molecule has 1 aromatic rings. The summed E-state index contributed by atoms with van der Waals surface area (Å²) in [5.74, 6) is 0.0430. The SMILES string of the molecule is C/C=C/C=C/C(=O)SCCOC(=O)/C=C/c1ccc(C)cc1. The van der Waals surface area contributed by atoms with Crippen molar-refractivity contribution in [2.45, 2.75) is 13.8 Å². The van der Waals surface area contributed by atoms with Crippen LogP contribution in [0.3, 0.4) is 0 Å². The molecule has 3 nitrogen and oxygen atoms in total. The standard InChI is InChI=1S/C18H20O3S/c1-3-4-5-6-18(20)22-14-13-21-17(19)12-11-16-9-7-15(2)8-10-16/h3-12H,13-14H2,1-2H3/b4-3+,6-5+,12-11+. The van der Waals surface area contributed by atoms with Gasteiger partial charge in [0.05, 0.1) is 0 Å². The normalized spacial score (nSPS) is 11.5. The number of carbonyl (C=O) groups excluding carboxylic acids is 2. The molecule has 22 heavy (non-hydrogen) atoms. The van der Waals surface area contributed by atoms with Crippen molar-refractivity contribution in [3.8, 4) is 0 Å². The fraction of sp³-hybridized carbons (Fsp3) is 0.222. The first-order valence-corrected chi connectivity index (χ1v) is 7.98. The molecule has 0 saturated heterocycles. The van der Waals surface area contributed by atoms with Gasteiger partial charge in [-0.1, -0.05) is 59.8 Å². The second kappa shape index (κ2) is 10.6. The van der Waals surface area contributed by atoms with Crippen molar-refractivity contribution in [1.82, 2.24) is 0 Å². The van der Waals surface area contributed by atoms with Crippen LogP contribution >= 0.6 is 11.8 Å². The quantitative estimate of drug-likeness (QED) is 0.331. The summed E-state index contributed by atoms with van der Waals surface area (Å²) in [5.41, 5.74) is 2.12. The van der Waals surface area contributed by atoms with Crippen LogP contribution < -0.4 is 0 Å². The Morgan fingerprint density at radius 3 is 2.55 bits per heavy atom. The van der Waals surface area contributed by atoms with Gasteiger partial charge in [-0.05, 0) is 31.6 Å². The van der Waals surface area contributed by atoms with E-state index in [9.17, 15) is 9.59 Å². The number of hydrogen-bond donors (Lipinski definition) is 0. The van der Waals surface area contributed by atoms with Crippen LogP contribution in [0.2, 0.25) is 0 Å². The number of carbonyl (C=O) groups is 2. The maximum Gasteiger partial charge on any atom is 0.330 e. The van der Waals surface area contributed by atoms with Crippen molar-refractivity contribution in [3.63, 3.8) is 0 Å². The van der Waals surface area contributed by atoms with Crippen LogP contribution in [0, 0.1) is 6.92 Å². The molecule has 0 amide bonds. The molecule has 0 fully saturated rings. The third-order valence-electron chi connectivity index (χ3n) is 2.60. The third kappa shape index (κ3) is 8.27. The Hall–Kier alpha value is -2.07. The molecule has 116 valence electrons. The fourth-order valence-corrected chi connectivity index (χ4v) is 2.01. The lowest BCUT2D eigenvalue weighted by molar-refractivity contribution is -0.137. The molecule has 0 unspecified atom stereocenters. The van der Waals surface area contributed by atoms with Crippen molar-refractivity contribution < 1.29 is 14.3 Å². The predicted octanol–water partition coefficient (Wildman–Crippen LogP) is 3.94. The maximum absolute atomic E-state index is 11.5. The van der Waals surface area contributed by atoms with Crippen LogP contribution in [-0.2, 0) is 14.3 Å². The van der Waals surface area contributed by atoms with E-state index in [1.54, 1.807) is 18.2 Å². The molecule has 1 rings (SSSR count). The zero-order valence-corrected chi connectivity index (χ0v) is 13.6. The first-order chi connectivity index (χ1) is 10.6. The molecular formula is C18H20O3S. The zero-order chi connectivity index (χ0) is 16.2. The number of allylic oxidation sites excluding steroid dienone is 3. The number of thioether (sulfide) groups is 1. The van der Waals surface area contributed by atoms with Crippen LogP contribution in [0.1, 0.15) is 18.1 Å². The summed E-state index contributed by atoms with van der Waals surface area (Å²) in [6.45, 7) is 4.10. The lowest BCUT2D eigenvalue weighted by Gasteiger charge is -2.00. The van der Waals surface area contributed by atoms with Gasteiger partial charge in [0.25, 0.3) is 0 Å². The minimum atomic E-state index is -0.405. The molecule has 0 aliphatic rings. The summed E-state index contributed by atoms with van der Waals surface area (Å²) in [4.78, 5) is 22.9. The molecule has 0 spiro atoms. The Kier molecular flexibility index (Phi) is 8.69. The summed E-state index contributed by atoms with van der Waals surface area (Å²) < 4.78 is 5.03. The van der Waals surface area contributed by atoms with Crippen LogP contribution in [0.25, 0.3) is 6.08 Å². The third-order valence-corrected chi connectivity index (χ3v) is 3.39. The van der Waals surface area contributed by atoms with Gasteiger partial charge >= 0.3 is 5.97 Å². The van der Waals surface area contributed by atoms with Crippen molar-refractivity contribution in [1.29, 1.82) is 0 Å². The summed E-state index contributed by atoms with van der Waals surface area (Å²) in [6, 6.07) is 7.83. The first kappa shape index (κ1) is 18.0. The number of aryl methyl sites for hydroxylation is 1. The summed E-state index contributed by atoms with van der Waals surface area (Å²) in [6.07, 6.45) is 9.91. The molecule has 0 aliphatic heterocycles. The summed E-state index contributed by atoms with van der Waals surface area (Å²) >= 11 is 1.12. The largest absolute Gasteiger partial charge is 0.462 e. The van der Waals surface area contributed by atoms with E-state index in [4.69, 9.17) is 4.74 Å². The van der Waals surface area contributed by atoms with Gasteiger partial charge in [0.15, 0.2) is 0 Å². The maximum atomic E-state index is 11.5. The van der Waals surface area contributed by atoms with Crippen molar-refractivity contribution in [3.05, 3.63) is 65.8 Å². The molecule has 0 radical (unpaired) electrons. The fourth-order valence-electron chi connectivity index (χ4n) is 1.47. The average Bonchev–Trinajstić information content (AvgIpc) is 2.51. The highest BCUT2D eigenvalue weighted by Gasteiger charge is 2.00. The highest BCUT2D eigenvalue weighted by molar-refractivity contribution is 8.14. The van der Waals surface area contributed by atoms with Gasteiger partial charge in [0.2, 0.25) is 5.12 Å². The second-order valence-corrected chi connectivity index (χ2v) is 5.56. The smallest absolute Gasteiger partial charge is 0.330 e. The van der Waals surface area contributed by atoms with Crippen LogP contribution in [0.4, 0.5) is 0 Å². The van der Waals surface area contributed by atoms with Crippen molar-refractivity contribution >= 4 is 28.9 Å². The van der Waals surface area contributed by atoms with Gasteiger partial charge in [-0.15, -0.1) is 0 Å². The predicted molar refractivity (Wildman–Crippen MR) is 92.6 cm³/mol. The Labute approximate surface area is 135 Å².